The molecule has 0 radical (unpaired) electrons. The topological polar surface area (TPSA) is 130 Å². The summed E-state index contributed by atoms with van der Waals surface area (Å²) >= 11 is 0.845. The van der Waals surface area contributed by atoms with Gasteiger partial charge < -0.3 is 20.6 Å². The molecule has 5 N–H and O–H groups in total. The number of primary amides is 1. The molecule has 11 heteroatoms. The Kier molecular flexibility index (Phi) is 10.2. The fourth-order valence-corrected chi connectivity index (χ4v) is 3.38. The number of hydrogen-bond acceptors (Lipinski definition) is 7. The van der Waals surface area contributed by atoms with Crippen molar-refractivity contribution in [1.82, 2.24) is 5.48 Å². The minimum Gasteiger partial charge on any atom is -0.447 e. The summed E-state index contributed by atoms with van der Waals surface area (Å²) in [4.78, 5) is 24.2. The minimum atomic E-state index is -1.03. The van der Waals surface area contributed by atoms with Crippen molar-refractivity contribution >= 4 is 49.2 Å². The van der Waals surface area contributed by atoms with Crippen molar-refractivity contribution in [2.75, 3.05) is 16.7 Å². The summed E-state index contributed by atoms with van der Waals surface area (Å²) < 4.78 is 12.2. The van der Waals surface area contributed by atoms with Crippen LogP contribution in [0.15, 0.2) is 28.9 Å². The number of hydrogen-bond donors (Lipinski definition) is 4. The number of amides is 3. The lowest BCUT2D eigenvalue weighted by atomic mass is 9.90. The van der Waals surface area contributed by atoms with Gasteiger partial charge in [-0.05, 0) is 48.9 Å². The third-order valence-electron chi connectivity index (χ3n) is 4.85. The molecular weight excluding hydrogens is 464 g/mol. The van der Waals surface area contributed by atoms with Crippen molar-refractivity contribution in [3.63, 3.8) is 0 Å². The van der Waals surface area contributed by atoms with E-state index in [2.05, 4.69) is 10.8 Å². The van der Waals surface area contributed by atoms with E-state index in [1.807, 2.05) is 27.7 Å². The van der Waals surface area contributed by atoms with Crippen molar-refractivity contribution in [2.45, 2.75) is 59.0 Å². The van der Waals surface area contributed by atoms with Gasteiger partial charge in [-0.1, -0.05) is 27.7 Å². The second kappa shape index (κ2) is 11.7. The molecule has 0 atom stereocenters. The van der Waals surface area contributed by atoms with Crippen LogP contribution in [0.4, 0.5) is 16.4 Å². The second-order valence-corrected chi connectivity index (χ2v) is 9.51. The van der Waals surface area contributed by atoms with E-state index in [4.69, 9.17) is 14.4 Å². The monoisotopic (exact) mass is 498 g/mol. The fourth-order valence-electron chi connectivity index (χ4n) is 2.98. The van der Waals surface area contributed by atoms with Crippen LogP contribution in [0.1, 0.15) is 80.4 Å². The zero-order valence-electron chi connectivity index (χ0n) is 20.0. The van der Waals surface area contributed by atoms with E-state index in [9.17, 15) is 14.7 Å². The van der Waals surface area contributed by atoms with Gasteiger partial charge in [0.2, 0.25) is 11.8 Å². The largest absolute Gasteiger partial charge is 0.447 e. The Bertz CT molecular complexity index is 941. The number of rotatable bonds is 9. The van der Waals surface area contributed by atoms with Crippen LogP contribution in [0.25, 0.3) is 0 Å². The molecule has 1 aromatic carbocycles. The van der Waals surface area contributed by atoms with Gasteiger partial charge in [0, 0.05) is 29.9 Å². The number of hydroxylamine groups is 1. The summed E-state index contributed by atoms with van der Waals surface area (Å²) in [6.07, 6.45) is 1.46. The summed E-state index contributed by atoms with van der Waals surface area (Å²) in [5.41, 5.74) is 10.0. The first-order valence-corrected chi connectivity index (χ1v) is 10.9. The first-order valence-electron chi connectivity index (χ1n) is 10.2. The maximum absolute atomic E-state index is 12.5. The molecular formula is C22H34N4O5S2. The average molecular weight is 499 g/mol. The molecule has 0 spiro atoms. The zero-order chi connectivity index (χ0) is 24.2. The maximum atomic E-state index is 12.5. The van der Waals surface area contributed by atoms with E-state index in [1.54, 1.807) is 43.4 Å². The van der Waals surface area contributed by atoms with Gasteiger partial charge in [-0.25, -0.2) is 10.3 Å². The van der Waals surface area contributed by atoms with E-state index in [1.165, 1.54) is 6.26 Å². The molecule has 2 rings (SSSR count). The number of carbonyl (C=O) groups is 2. The number of furan rings is 1. The Labute approximate surface area is 206 Å². The van der Waals surface area contributed by atoms with Crippen molar-refractivity contribution in [2.24, 2.45) is 5.73 Å². The van der Waals surface area contributed by atoms with Crippen molar-refractivity contribution in [3.8, 4) is 0 Å². The molecule has 3 amide bonds. The van der Waals surface area contributed by atoms with E-state index in [0.29, 0.717) is 22.7 Å². The number of carbonyl (C=O) groups excluding carboxylic acids is 2. The Morgan fingerprint density at radius 2 is 1.70 bits per heavy atom. The van der Waals surface area contributed by atoms with Crippen LogP contribution in [0.5, 0.6) is 0 Å². The summed E-state index contributed by atoms with van der Waals surface area (Å²) in [5.74, 6) is 0.0266. The highest BCUT2D eigenvalue weighted by atomic mass is 32.2. The van der Waals surface area contributed by atoms with Gasteiger partial charge in [0.25, 0.3) is 0 Å². The van der Waals surface area contributed by atoms with E-state index >= 15 is 0 Å². The first-order chi connectivity index (χ1) is 14.8. The van der Waals surface area contributed by atoms with Gasteiger partial charge in [-0.3, -0.25) is 9.10 Å². The summed E-state index contributed by atoms with van der Waals surface area (Å²) in [6.45, 7) is 11.2. The summed E-state index contributed by atoms with van der Waals surface area (Å²) in [6, 6.07) is 4.52. The van der Waals surface area contributed by atoms with E-state index < -0.39 is 17.5 Å². The van der Waals surface area contributed by atoms with Gasteiger partial charge in [0.15, 0.2) is 0 Å². The second-order valence-electron chi connectivity index (χ2n) is 8.65. The molecule has 33 heavy (non-hydrogen) atoms. The van der Waals surface area contributed by atoms with Crippen molar-refractivity contribution in [3.05, 3.63) is 46.7 Å². The van der Waals surface area contributed by atoms with Crippen LogP contribution in [-0.2, 0) is 9.88 Å². The molecule has 0 saturated carbocycles. The zero-order valence-corrected chi connectivity index (χ0v) is 21.8. The minimum absolute atomic E-state index is 0. The quantitative estimate of drug-likeness (QED) is 0.224. The van der Waals surface area contributed by atoms with Crippen LogP contribution in [0.3, 0.4) is 0 Å². The SMILES string of the molecule is CC(C)c1cc(C(N)=O)cc(C(C)C)c1NC(=O)NOSN(C)c1cc(C(C)(C)O)co1.S. The summed E-state index contributed by atoms with van der Waals surface area (Å²) in [7, 11) is 1.69. The number of nitrogens with one attached hydrogen (secondary N) is 2. The van der Waals surface area contributed by atoms with Crippen LogP contribution in [-0.4, -0.2) is 24.1 Å². The highest BCUT2D eigenvalue weighted by molar-refractivity contribution is 7.96. The van der Waals surface area contributed by atoms with Crippen LogP contribution in [0, 0.1) is 0 Å². The number of urea groups is 1. The van der Waals surface area contributed by atoms with Gasteiger partial charge in [-0.2, -0.15) is 17.8 Å². The highest BCUT2D eigenvalue weighted by Crippen LogP contribution is 2.34. The van der Waals surface area contributed by atoms with Crippen LogP contribution in [0.2, 0.25) is 0 Å². The predicted molar refractivity (Wildman–Crippen MR) is 137 cm³/mol. The van der Waals surface area contributed by atoms with Gasteiger partial charge in [0.1, 0.15) is 12.2 Å². The lowest BCUT2D eigenvalue weighted by molar-refractivity contribution is 0.0779. The van der Waals surface area contributed by atoms with E-state index in [0.717, 1.165) is 23.4 Å². The number of aliphatic hydroxyl groups is 1. The average Bonchev–Trinajstić information content (AvgIpc) is 3.18. The maximum Gasteiger partial charge on any atom is 0.344 e. The number of anilines is 2. The molecule has 1 heterocycles. The molecule has 0 aliphatic carbocycles. The molecule has 0 aliphatic heterocycles. The van der Waals surface area contributed by atoms with Crippen molar-refractivity contribution < 1.29 is 23.4 Å². The number of nitrogens with two attached hydrogens (primary N) is 1. The molecule has 0 aliphatic rings. The number of nitrogens with zero attached hydrogens (tertiary/aromatic N) is 1. The molecule has 0 saturated heterocycles. The Morgan fingerprint density at radius 3 is 2.12 bits per heavy atom. The first kappa shape index (κ1) is 28.7. The Hall–Kier alpha value is -2.34. The smallest absolute Gasteiger partial charge is 0.344 e. The number of benzene rings is 1. The predicted octanol–water partition coefficient (Wildman–Crippen LogP) is 4.72. The molecule has 1 aromatic heterocycles. The molecule has 9 nitrogen and oxygen atoms in total. The van der Waals surface area contributed by atoms with Gasteiger partial charge in [-0.15, -0.1) is 0 Å². The third-order valence-corrected chi connectivity index (χ3v) is 5.41. The molecule has 0 bridgehead atoms. The lowest BCUT2D eigenvalue weighted by Crippen LogP contribution is -2.29. The Balaban J connectivity index is 0.00000544. The highest BCUT2D eigenvalue weighted by Gasteiger charge is 2.22. The fraction of sp³-hybridized carbons (Fsp3) is 0.455. The van der Waals surface area contributed by atoms with Crippen molar-refractivity contribution in [1.29, 1.82) is 0 Å². The molecule has 0 unspecified atom stereocenters. The molecule has 184 valence electrons. The lowest BCUT2D eigenvalue weighted by Gasteiger charge is -2.21. The van der Waals surface area contributed by atoms with Crippen LogP contribution >= 0.6 is 25.7 Å². The molecule has 0 fully saturated rings. The third kappa shape index (κ3) is 7.60. The molecule has 2 aromatic rings. The van der Waals surface area contributed by atoms with E-state index in [-0.39, 0.29) is 25.3 Å². The Morgan fingerprint density at radius 1 is 1.15 bits per heavy atom. The standard InChI is InChI=1S/C22H32N4O5S.H2S/c1-12(2)16-8-14(20(23)27)9-17(13(3)4)19(16)24-21(28)25-31-32-26(7)18-10-15(11-30-18)22(5,6)29;/h8-13,29H,1-7H3,(H2,23,27)(H2,24,25,28);1H2. The normalized spacial score (nSPS) is 11.3. The van der Waals surface area contributed by atoms with Gasteiger partial charge in [0.05, 0.1) is 11.9 Å². The summed E-state index contributed by atoms with van der Waals surface area (Å²) in [5, 5.41) is 12.9. The van der Waals surface area contributed by atoms with Crippen LogP contribution < -0.4 is 20.8 Å². The van der Waals surface area contributed by atoms with Gasteiger partial charge >= 0.3 is 6.03 Å².